The van der Waals surface area contributed by atoms with Crippen LogP contribution in [-0.4, -0.2) is 11.8 Å². The number of rotatable bonds is 36. The first-order valence-electron chi connectivity index (χ1n) is 42.4. The Kier molecular flexibility index (Phi) is 23.5. The van der Waals surface area contributed by atoms with E-state index in [1.54, 1.807) is 55.4 Å². The number of anilines is 6. The van der Waals surface area contributed by atoms with Crippen LogP contribution in [0.2, 0.25) is 0 Å². The molecule has 9 aromatic carbocycles. The van der Waals surface area contributed by atoms with Crippen molar-refractivity contribution >= 4 is 34.1 Å². The fourth-order valence-corrected chi connectivity index (χ4v) is 20.5. The summed E-state index contributed by atoms with van der Waals surface area (Å²) in [6, 6.07) is 71.9. The second kappa shape index (κ2) is 32.3. The molecule has 0 bridgehead atoms. The molecule has 4 aliphatic carbocycles. The van der Waals surface area contributed by atoms with Gasteiger partial charge in [-0.05, 0) is 232 Å². The van der Waals surface area contributed by atoms with Gasteiger partial charge in [0, 0.05) is 44.7 Å². The summed E-state index contributed by atoms with van der Waals surface area (Å²) >= 11 is 0. The van der Waals surface area contributed by atoms with Crippen molar-refractivity contribution in [3.8, 4) is 44.5 Å². The molecular weight excluding hydrogens is 1330 g/mol. The molecular formula is C102H124F4N2. The van der Waals surface area contributed by atoms with E-state index in [1.165, 1.54) is 173 Å². The van der Waals surface area contributed by atoms with Gasteiger partial charge in [-0.2, -0.15) is 0 Å². The fourth-order valence-electron chi connectivity index (χ4n) is 20.5. The van der Waals surface area contributed by atoms with Crippen LogP contribution >= 0.6 is 0 Å². The third-order valence-electron chi connectivity index (χ3n) is 27.0. The Morgan fingerprint density at radius 2 is 0.519 bits per heavy atom. The summed E-state index contributed by atoms with van der Waals surface area (Å²) in [6.07, 6.45) is 33.5. The van der Waals surface area contributed by atoms with Crippen molar-refractivity contribution in [2.24, 2.45) is 0 Å². The van der Waals surface area contributed by atoms with E-state index in [4.69, 9.17) is 0 Å². The van der Waals surface area contributed by atoms with E-state index in [0.717, 1.165) is 119 Å². The summed E-state index contributed by atoms with van der Waals surface area (Å²) in [5.74, 6) is -5.89. The summed E-state index contributed by atoms with van der Waals surface area (Å²) in [5.41, 5.74) is 18.6. The van der Waals surface area contributed by atoms with Crippen LogP contribution in [0.15, 0.2) is 194 Å². The lowest BCUT2D eigenvalue weighted by Gasteiger charge is -2.36. The minimum Gasteiger partial charge on any atom is -0.310 e. The SMILES string of the molecule is CCCCCCCCC1(CCCCCCCC)c2cc(N(c3ccccc3)c3ccccc3-c3ccc4c(c3)C(C)(C)C(F)(F)C4(C)C)ccc2-c2cc3c(cc21)-c1ccc(N(c2ccccc2)c2ccccc2-c2ccc4c(c2)C(C)(C)C(F)(F)C4(C)C)cc1C3(CCCCCCCC)CCCCCCCC. The Morgan fingerprint density at radius 1 is 0.231 bits per heavy atom. The second-order valence-corrected chi connectivity index (χ2v) is 35.2. The van der Waals surface area contributed by atoms with Crippen LogP contribution in [0.5, 0.6) is 0 Å². The number of benzene rings is 9. The van der Waals surface area contributed by atoms with Gasteiger partial charge in [0.15, 0.2) is 0 Å². The maximum absolute atomic E-state index is 16.7. The van der Waals surface area contributed by atoms with Crippen LogP contribution in [0.3, 0.4) is 0 Å². The third-order valence-corrected chi connectivity index (χ3v) is 27.0. The highest BCUT2D eigenvalue weighted by Crippen LogP contribution is 2.65. The van der Waals surface area contributed by atoms with E-state index in [0.29, 0.717) is 11.1 Å². The summed E-state index contributed by atoms with van der Waals surface area (Å²) < 4.78 is 66.6. The summed E-state index contributed by atoms with van der Waals surface area (Å²) in [4.78, 5) is 4.92. The topological polar surface area (TPSA) is 6.48 Å². The van der Waals surface area contributed by atoms with E-state index < -0.39 is 33.5 Å². The zero-order valence-electron chi connectivity index (χ0n) is 67.7. The molecule has 4 aliphatic rings. The van der Waals surface area contributed by atoms with Crippen LogP contribution in [0.1, 0.15) is 307 Å². The van der Waals surface area contributed by atoms with Crippen molar-refractivity contribution in [3.05, 3.63) is 239 Å². The molecule has 13 rings (SSSR count). The first kappa shape index (κ1) is 78.4. The van der Waals surface area contributed by atoms with Gasteiger partial charge >= 0.3 is 0 Å². The van der Waals surface area contributed by atoms with Gasteiger partial charge in [0.2, 0.25) is 0 Å². The molecule has 0 fully saturated rings. The molecule has 9 aromatic rings. The quantitative estimate of drug-likeness (QED) is 0.0285. The van der Waals surface area contributed by atoms with E-state index >= 15 is 17.6 Å². The first-order chi connectivity index (χ1) is 52.0. The van der Waals surface area contributed by atoms with E-state index in [1.807, 2.05) is 12.1 Å². The zero-order chi connectivity index (χ0) is 76.3. The number of alkyl halides is 4. The van der Waals surface area contributed by atoms with Crippen LogP contribution in [0, 0.1) is 0 Å². The van der Waals surface area contributed by atoms with Gasteiger partial charge in [-0.25, -0.2) is 17.6 Å². The van der Waals surface area contributed by atoms with Crippen LogP contribution in [-0.2, 0) is 32.5 Å². The average Bonchev–Trinajstić information content (AvgIpc) is 1.56. The largest absolute Gasteiger partial charge is 0.310 e. The van der Waals surface area contributed by atoms with E-state index in [9.17, 15) is 0 Å². The standard InChI is InChI=1S/C102H124F4N2/c1-13-17-21-25-29-43-63-99(64-44-30-26-22-18-14-2)87-69-77(107(75-47-35-33-36-48-75)93-53-41-39-51-79(93)73-55-61-85-91(67-73)97(9,10)101(103,104)95(85,5)6)57-59-81(87)83-72-90-84(71-89(83)99)82-60-58-78(70-88(82)100(90,65-45-31-27-23-19-15-3)66-46-32-28-24-20-16-4)108(76-49-37-34-38-50-76)94-54-42-40-52-80(94)74-56-62-86-92(68-74)98(11,12)102(105,106)96(86,7)8/h33-42,47-62,67-72H,13-32,43-46,63-66H2,1-12H3. The molecule has 6 heteroatoms. The predicted octanol–water partition coefficient (Wildman–Crippen LogP) is 31.9. The number of fused-ring (bicyclic) bond motifs is 8. The van der Waals surface area contributed by atoms with Gasteiger partial charge in [0.25, 0.3) is 11.8 Å². The minimum atomic E-state index is -2.94. The number of nitrogens with zero attached hydrogens (tertiary/aromatic N) is 2. The van der Waals surface area contributed by atoms with Crippen molar-refractivity contribution in [1.29, 1.82) is 0 Å². The molecule has 0 saturated carbocycles. The van der Waals surface area contributed by atoms with Crippen LogP contribution in [0.4, 0.5) is 51.7 Å². The number of hydrogen-bond donors (Lipinski definition) is 0. The minimum absolute atomic E-state index is 0.285. The molecule has 0 spiro atoms. The molecule has 0 atom stereocenters. The second-order valence-electron chi connectivity index (χ2n) is 35.2. The monoisotopic (exact) mass is 1450 g/mol. The molecule has 108 heavy (non-hydrogen) atoms. The Morgan fingerprint density at radius 3 is 0.852 bits per heavy atom. The molecule has 0 radical (unpaired) electrons. The molecule has 2 nitrogen and oxygen atoms in total. The summed E-state index contributed by atoms with van der Waals surface area (Å²) in [7, 11) is 0. The highest BCUT2D eigenvalue weighted by molar-refractivity contribution is 5.96. The van der Waals surface area contributed by atoms with Crippen LogP contribution in [0.25, 0.3) is 44.5 Å². The normalized spacial score (nSPS) is 17.0. The van der Waals surface area contributed by atoms with Gasteiger partial charge < -0.3 is 9.80 Å². The molecule has 0 aromatic heterocycles. The molecule has 0 amide bonds. The number of halogens is 4. The molecule has 570 valence electrons. The first-order valence-corrected chi connectivity index (χ1v) is 42.4. The lowest BCUT2D eigenvalue weighted by atomic mass is 9.68. The van der Waals surface area contributed by atoms with Crippen molar-refractivity contribution in [2.45, 2.75) is 307 Å². The fraction of sp³-hybridized carbons (Fsp3) is 0.471. The lowest BCUT2D eigenvalue weighted by Crippen LogP contribution is -2.46. The zero-order valence-corrected chi connectivity index (χ0v) is 67.7. The van der Waals surface area contributed by atoms with Gasteiger partial charge in [-0.15, -0.1) is 0 Å². The van der Waals surface area contributed by atoms with Gasteiger partial charge in [-0.1, -0.05) is 303 Å². The van der Waals surface area contributed by atoms with Gasteiger partial charge in [-0.3, -0.25) is 0 Å². The lowest BCUT2D eigenvalue weighted by molar-refractivity contribution is -0.105. The Labute approximate surface area is 648 Å². The van der Waals surface area contributed by atoms with Gasteiger partial charge in [0.05, 0.1) is 33.0 Å². The molecule has 0 aliphatic heterocycles. The van der Waals surface area contributed by atoms with Gasteiger partial charge in [0.1, 0.15) is 0 Å². The highest BCUT2D eigenvalue weighted by atomic mass is 19.3. The number of hydrogen-bond acceptors (Lipinski definition) is 2. The van der Waals surface area contributed by atoms with E-state index in [2.05, 4.69) is 219 Å². The number of unbranched alkanes of at least 4 members (excludes halogenated alkanes) is 20. The Hall–Kier alpha value is -7.70. The summed E-state index contributed by atoms with van der Waals surface area (Å²) in [5, 5.41) is 0. The molecule has 0 heterocycles. The maximum atomic E-state index is 16.7. The number of para-hydroxylation sites is 4. The smallest absolute Gasteiger partial charge is 0.266 e. The molecule has 0 N–H and O–H groups in total. The van der Waals surface area contributed by atoms with Crippen molar-refractivity contribution in [3.63, 3.8) is 0 Å². The average molecular weight is 1450 g/mol. The Bertz CT molecular complexity index is 4250. The van der Waals surface area contributed by atoms with Crippen molar-refractivity contribution in [2.75, 3.05) is 9.80 Å². The molecule has 0 saturated heterocycles. The maximum Gasteiger partial charge on any atom is 0.266 e. The van der Waals surface area contributed by atoms with Crippen LogP contribution < -0.4 is 9.80 Å². The van der Waals surface area contributed by atoms with Crippen molar-refractivity contribution < 1.29 is 17.6 Å². The Balaban J connectivity index is 1.02. The molecule has 0 unspecified atom stereocenters. The third kappa shape index (κ3) is 13.9. The van der Waals surface area contributed by atoms with Crippen molar-refractivity contribution in [1.82, 2.24) is 0 Å². The van der Waals surface area contributed by atoms with E-state index in [-0.39, 0.29) is 10.8 Å². The summed E-state index contributed by atoms with van der Waals surface area (Å²) in [6.45, 7) is 23.0. The highest BCUT2D eigenvalue weighted by Gasteiger charge is 2.66. The predicted molar refractivity (Wildman–Crippen MR) is 453 cm³/mol.